The van der Waals surface area contributed by atoms with Gasteiger partial charge in [0.2, 0.25) is 0 Å². The number of aliphatic hydroxyl groups is 1. The smallest absolute Gasteiger partial charge is 0.550 e. The largest absolute Gasteiger partial charge is 1.00 e. The topological polar surface area (TPSA) is 84.4 Å². The van der Waals surface area contributed by atoms with Crippen molar-refractivity contribution in [2.24, 2.45) is 0 Å². The normalized spacial score (nSPS) is 12.4. The summed E-state index contributed by atoms with van der Waals surface area (Å²) in [6, 6.07) is 0. The molecule has 0 saturated carbocycles. The van der Waals surface area contributed by atoms with E-state index >= 15 is 0 Å². The molecule has 0 radical (unpaired) electrons. The molecule has 0 saturated heterocycles. The number of allylic oxidation sites excluding steroid dienone is 1. The van der Waals surface area contributed by atoms with Gasteiger partial charge in [0.25, 0.3) is 0 Å². The minimum absolute atomic E-state index is 0. The minimum Gasteiger partial charge on any atom is -0.550 e. The number of rotatable bonds is 10. The molecule has 0 fully saturated rings. The standard InChI is InChI=1S/C11H22N2O3.Li/c1-2-3-4-10(14)9-13-8-7-12-6-5-11(15)16;/h3-4,10,12-14H,2,5-9H2,1H3,(H,15,16);/q;+1/p-1/b4-3+;. The Balaban J connectivity index is 0. The molecule has 0 aromatic rings. The van der Waals surface area contributed by atoms with Crippen LogP contribution >= 0.6 is 0 Å². The van der Waals surface area contributed by atoms with E-state index in [1.54, 1.807) is 6.08 Å². The van der Waals surface area contributed by atoms with Gasteiger partial charge in [-0.2, -0.15) is 0 Å². The van der Waals surface area contributed by atoms with E-state index < -0.39 is 12.1 Å². The van der Waals surface area contributed by atoms with Crippen molar-refractivity contribution >= 4 is 5.97 Å². The van der Waals surface area contributed by atoms with Gasteiger partial charge in [0.15, 0.2) is 0 Å². The van der Waals surface area contributed by atoms with Gasteiger partial charge in [0, 0.05) is 32.1 Å². The van der Waals surface area contributed by atoms with E-state index in [1.807, 2.05) is 13.0 Å². The van der Waals surface area contributed by atoms with Crippen LogP contribution in [0.5, 0.6) is 0 Å². The van der Waals surface area contributed by atoms with Crippen LogP contribution in [0.2, 0.25) is 0 Å². The van der Waals surface area contributed by atoms with Crippen LogP contribution in [0.4, 0.5) is 0 Å². The molecule has 5 nitrogen and oxygen atoms in total. The molecule has 0 spiro atoms. The van der Waals surface area contributed by atoms with Gasteiger partial charge in [-0.3, -0.25) is 0 Å². The molecule has 6 heteroatoms. The van der Waals surface area contributed by atoms with Gasteiger partial charge in [0.05, 0.1) is 6.10 Å². The molecule has 1 atom stereocenters. The molecule has 0 aromatic carbocycles. The fourth-order valence-corrected chi connectivity index (χ4v) is 1.10. The molecule has 3 N–H and O–H groups in total. The van der Waals surface area contributed by atoms with Crippen molar-refractivity contribution in [1.82, 2.24) is 10.6 Å². The number of carboxylic acid groups (broad SMARTS) is 1. The molecule has 0 amide bonds. The fourth-order valence-electron chi connectivity index (χ4n) is 1.10. The number of carbonyl (C=O) groups is 1. The summed E-state index contributed by atoms with van der Waals surface area (Å²) in [6.45, 7) is 4.32. The Kier molecular flexibility index (Phi) is 15.4. The van der Waals surface area contributed by atoms with Crippen LogP contribution in [0, 0.1) is 0 Å². The van der Waals surface area contributed by atoms with E-state index in [-0.39, 0.29) is 25.3 Å². The van der Waals surface area contributed by atoms with Gasteiger partial charge >= 0.3 is 18.9 Å². The molecular weight excluding hydrogens is 215 g/mol. The molecular formula is C11H21LiN2O3. The third-order valence-corrected chi connectivity index (χ3v) is 1.93. The first-order chi connectivity index (χ1) is 7.66. The summed E-state index contributed by atoms with van der Waals surface area (Å²) < 4.78 is 0. The third-order valence-electron chi connectivity index (χ3n) is 1.93. The van der Waals surface area contributed by atoms with Crippen molar-refractivity contribution in [3.8, 4) is 0 Å². The average Bonchev–Trinajstić information content (AvgIpc) is 2.24. The molecule has 0 heterocycles. The first kappa shape index (κ1) is 19.0. The van der Waals surface area contributed by atoms with Gasteiger partial charge in [-0.1, -0.05) is 19.1 Å². The molecule has 0 aliphatic heterocycles. The molecule has 0 aliphatic rings. The van der Waals surface area contributed by atoms with Crippen LogP contribution in [-0.4, -0.2) is 43.4 Å². The van der Waals surface area contributed by atoms with Crippen molar-refractivity contribution in [1.29, 1.82) is 0 Å². The van der Waals surface area contributed by atoms with Gasteiger partial charge < -0.3 is 25.6 Å². The number of aliphatic carboxylic acids is 1. The van der Waals surface area contributed by atoms with Crippen molar-refractivity contribution in [2.45, 2.75) is 25.9 Å². The Bertz CT molecular complexity index is 213. The predicted molar refractivity (Wildman–Crippen MR) is 60.8 cm³/mol. The molecule has 94 valence electrons. The summed E-state index contributed by atoms with van der Waals surface area (Å²) in [6.07, 6.45) is 4.17. The number of aliphatic hydroxyl groups excluding tert-OH is 1. The minimum atomic E-state index is -1.04. The van der Waals surface area contributed by atoms with E-state index in [2.05, 4.69) is 10.6 Å². The molecule has 0 aliphatic carbocycles. The summed E-state index contributed by atoms with van der Waals surface area (Å²) in [5.41, 5.74) is 0. The van der Waals surface area contributed by atoms with Crippen LogP contribution < -0.4 is 34.6 Å². The van der Waals surface area contributed by atoms with Gasteiger partial charge in [-0.25, -0.2) is 0 Å². The zero-order chi connectivity index (χ0) is 12.2. The van der Waals surface area contributed by atoms with Crippen LogP contribution in [0.3, 0.4) is 0 Å². The molecule has 0 aromatic heterocycles. The van der Waals surface area contributed by atoms with Gasteiger partial charge in [-0.05, 0) is 12.8 Å². The summed E-state index contributed by atoms with van der Waals surface area (Å²) in [5, 5.41) is 25.5. The first-order valence-electron chi connectivity index (χ1n) is 5.62. The number of hydrogen-bond donors (Lipinski definition) is 3. The molecule has 0 bridgehead atoms. The maximum Gasteiger partial charge on any atom is 1.00 e. The Morgan fingerprint density at radius 2 is 2.00 bits per heavy atom. The Labute approximate surface area is 115 Å². The third kappa shape index (κ3) is 15.7. The van der Waals surface area contributed by atoms with E-state index in [0.717, 1.165) is 6.42 Å². The summed E-state index contributed by atoms with van der Waals surface area (Å²) in [5.74, 6) is -1.04. The van der Waals surface area contributed by atoms with Crippen molar-refractivity contribution in [3.05, 3.63) is 12.2 Å². The quantitative estimate of drug-likeness (QED) is 0.203. The van der Waals surface area contributed by atoms with Crippen LogP contribution in [-0.2, 0) is 4.79 Å². The summed E-state index contributed by atoms with van der Waals surface area (Å²) >= 11 is 0. The summed E-state index contributed by atoms with van der Waals surface area (Å²) in [4.78, 5) is 10.1. The second kappa shape index (κ2) is 13.8. The zero-order valence-electron chi connectivity index (χ0n) is 10.7. The van der Waals surface area contributed by atoms with Crippen LogP contribution in [0.25, 0.3) is 0 Å². The number of hydrogen-bond acceptors (Lipinski definition) is 5. The maximum atomic E-state index is 10.1. The second-order valence-electron chi connectivity index (χ2n) is 3.48. The first-order valence-corrected chi connectivity index (χ1v) is 5.62. The molecule has 17 heavy (non-hydrogen) atoms. The van der Waals surface area contributed by atoms with Gasteiger partial charge in [0.1, 0.15) is 0 Å². The SMILES string of the molecule is CC/C=C/C(O)CNCCNCCC(=O)[O-].[Li+]. The van der Waals surface area contributed by atoms with Gasteiger partial charge in [-0.15, -0.1) is 0 Å². The van der Waals surface area contributed by atoms with E-state index in [4.69, 9.17) is 0 Å². The molecule has 0 rings (SSSR count). The van der Waals surface area contributed by atoms with E-state index in [9.17, 15) is 15.0 Å². The monoisotopic (exact) mass is 236 g/mol. The Hall–Kier alpha value is -0.313. The molecule has 1 unspecified atom stereocenters. The van der Waals surface area contributed by atoms with Crippen LogP contribution in [0.1, 0.15) is 19.8 Å². The Morgan fingerprint density at radius 3 is 2.59 bits per heavy atom. The predicted octanol–water partition coefficient (Wildman–Crippen LogP) is -4.36. The fraction of sp³-hybridized carbons (Fsp3) is 0.727. The van der Waals surface area contributed by atoms with Crippen molar-refractivity contribution in [2.75, 3.05) is 26.2 Å². The van der Waals surface area contributed by atoms with E-state index in [0.29, 0.717) is 26.2 Å². The number of nitrogens with one attached hydrogen (secondary N) is 2. The maximum absolute atomic E-state index is 10.1. The van der Waals surface area contributed by atoms with E-state index in [1.165, 1.54) is 0 Å². The number of carboxylic acids is 1. The zero-order valence-corrected chi connectivity index (χ0v) is 10.7. The van der Waals surface area contributed by atoms with Crippen LogP contribution in [0.15, 0.2) is 12.2 Å². The van der Waals surface area contributed by atoms with Crippen molar-refractivity contribution in [3.63, 3.8) is 0 Å². The number of carbonyl (C=O) groups excluding carboxylic acids is 1. The Morgan fingerprint density at radius 1 is 1.35 bits per heavy atom. The van der Waals surface area contributed by atoms with Crippen molar-refractivity contribution < 1.29 is 33.9 Å². The average molecular weight is 236 g/mol. The second-order valence-corrected chi connectivity index (χ2v) is 3.48. The summed E-state index contributed by atoms with van der Waals surface area (Å²) in [7, 11) is 0.